The van der Waals surface area contributed by atoms with Crippen molar-refractivity contribution in [3.8, 4) is 0 Å². The van der Waals surface area contributed by atoms with Crippen LogP contribution in [0, 0.1) is 0 Å². The van der Waals surface area contributed by atoms with E-state index in [9.17, 15) is 4.79 Å². The zero-order valence-electron chi connectivity index (χ0n) is 11.6. The predicted octanol–water partition coefficient (Wildman–Crippen LogP) is 4.35. The second-order valence-electron chi connectivity index (χ2n) is 5.93. The third-order valence-electron chi connectivity index (χ3n) is 4.58. The van der Waals surface area contributed by atoms with Gasteiger partial charge in [0.05, 0.1) is 4.88 Å². The highest BCUT2D eigenvalue weighted by atomic mass is 32.1. The molecule has 1 nitrogen and oxygen atoms in total. The van der Waals surface area contributed by atoms with Crippen molar-refractivity contribution in [2.24, 2.45) is 0 Å². The van der Waals surface area contributed by atoms with Gasteiger partial charge in [0.15, 0.2) is 0 Å². The van der Waals surface area contributed by atoms with E-state index >= 15 is 0 Å². The van der Waals surface area contributed by atoms with Gasteiger partial charge in [-0.15, -0.1) is 11.3 Å². The summed E-state index contributed by atoms with van der Waals surface area (Å²) in [6.45, 7) is 0. The van der Waals surface area contributed by atoms with Gasteiger partial charge in [-0.25, -0.2) is 0 Å². The molecule has 2 aliphatic rings. The summed E-state index contributed by atoms with van der Waals surface area (Å²) in [6.07, 6.45) is 8.44. The lowest BCUT2D eigenvalue weighted by atomic mass is 9.89. The van der Waals surface area contributed by atoms with E-state index in [0.29, 0.717) is 0 Å². The van der Waals surface area contributed by atoms with E-state index in [0.717, 1.165) is 29.7 Å². The number of hydrogen-bond acceptors (Lipinski definition) is 2. The van der Waals surface area contributed by atoms with E-state index in [1.165, 1.54) is 47.3 Å². The summed E-state index contributed by atoms with van der Waals surface area (Å²) >= 11 is 1.71. The van der Waals surface area contributed by atoms with E-state index in [4.69, 9.17) is 0 Å². The van der Waals surface area contributed by atoms with Crippen LogP contribution in [-0.4, -0.2) is 5.78 Å². The molecule has 0 radical (unpaired) electrons. The summed E-state index contributed by atoms with van der Waals surface area (Å²) in [5.74, 6) is 0.220. The Balaban J connectivity index is 1.67. The van der Waals surface area contributed by atoms with Crippen molar-refractivity contribution in [1.82, 2.24) is 0 Å². The van der Waals surface area contributed by atoms with Gasteiger partial charge in [0, 0.05) is 10.4 Å². The number of thiophene rings is 1. The second-order valence-corrected chi connectivity index (χ2v) is 7.07. The van der Waals surface area contributed by atoms with E-state index in [2.05, 4.69) is 18.2 Å². The smallest absolute Gasteiger partial charge is 0.202 e. The van der Waals surface area contributed by atoms with Gasteiger partial charge in [-0.2, -0.15) is 0 Å². The third-order valence-corrected chi connectivity index (χ3v) is 5.82. The Hall–Kier alpha value is -1.41. The lowest BCUT2D eigenvalue weighted by Gasteiger charge is -2.16. The average molecular weight is 282 g/mol. The van der Waals surface area contributed by atoms with Crippen molar-refractivity contribution in [1.29, 1.82) is 0 Å². The van der Waals surface area contributed by atoms with Crippen LogP contribution in [0.1, 0.15) is 56.1 Å². The Morgan fingerprint density at radius 3 is 2.50 bits per heavy atom. The molecule has 20 heavy (non-hydrogen) atoms. The molecule has 0 N–H and O–H groups in total. The second kappa shape index (κ2) is 4.85. The first-order chi connectivity index (χ1) is 9.81. The van der Waals surface area contributed by atoms with Crippen molar-refractivity contribution in [2.75, 3.05) is 0 Å². The molecule has 2 aromatic rings. The molecule has 2 aliphatic carbocycles. The SMILES string of the molecule is O=C(c1ccc2c(c1)CCCC2)c1cc2c(s1)CCC2. The maximum absolute atomic E-state index is 12.6. The molecule has 1 heterocycles. The number of aryl methyl sites for hydroxylation is 4. The summed E-state index contributed by atoms with van der Waals surface area (Å²) < 4.78 is 0. The van der Waals surface area contributed by atoms with Crippen LogP contribution in [0.3, 0.4) is 0 Å². The van der Waals surface area contributed by atoms with Crippen LogP contribution in [0.4, 0.5) is 0 Å². The minimum Gasteiger partial charge on any atom is -0.288 e. The predicted molar refractivity (Wildman–Crippen MR) is 82.9 cm³/mol. The molecule has 0 fully saturated rings. The van der Waals surface area contributed by atoms with Crippen LogP contribution >= 0.6 is 11.3 Å². The van der Waals surface area contributed by atoms with Crippen LogP contribution in [-0.2, 0) is 25.7 Å². The molecule has 2 heteroatoms. The Bertz CT molecular complexity index is 659. The minimum atomic E-state index is 0.220. The van der Waals surface area contributed by atoms with Gasteiger partial charge < -0.3 is 0 Å². The summed E-state index contributed by atoms with van der Waals surface area (Å²) in [6, 6.07) is 8.47. The highest BCUT2D eigenvalue weighted by Gasteiger charge is 2.20. The van der Waals surface area contributed by atoms with Crippen molar-refractivity contribution in [3.05, 3.63) is 56.3 Å². The first-order valence-corrected chi connectivity index (χ1v) is 8.41. The fraction of sp³-hybridized carbons (Fsp3) is 0.389. The number of fused-ring (bicyclic) bond motifs is 2. The van der Waals surface area contributed by atoms with Crippen molar-refractivity contribution in [2.45, 2.75) is 44.9 Å². The maximum atomic E-state index is 12.6. The molecule has 102 valence electrons. The molecule has 0 amide bonds. The van der Waals surface area contributed by atoms with Gasteiger partial charge in [0.1, 0.15) is 0 Å². The van der Waals surface area contributed by atoms with E-state index in [1.54, 1.807) is 11.3 Å². The van der Waals surface area contributed by atoms with E-state index in [1.807, 2.05) is 6.07 Å². The Labute approximate surface area is 123 Å². The van der Waals surface area contributed by atoms with Crippen LogP contribution in [0.2, 0.25) is 0 Å². The number of hydrogen-bond donors (Lipinski definition) is 0. The minimum absolute atomic E-state index is 0.220. The molecule has 4 rings (SSSR count). The molecule has 0 unspecified atom stereocenters. The first kappa shape index (κ1) is 12.3. The van der Waals surface area contributed by atoms with Crippen LogP contribution in [0.5, 0.6) is 0 Å². The Morgan fingerprint density at radius 1 is 0.850 bits per heavy atom. The monoisotopic (exact) mass is 282 g/mol. The van der Waals surface area contributed by atoms with Crippen LogP contribution < -0.4 is 0 Å². The molecule has 1 aromatic carbocycles. The van der Waals surface area contributed by atoms with Gasteiger partial charge in [-0.3, -0.25) is 4.79 Å². The molecule has 0 atom stereocenters. The molecule has 1 aromatic heterocycles. The fourth-order valence-corrected chi connectivity index (χ4v) is 4.67. The first-order valence-electron chi connectivity index (χ1n) is 7.59. The third kappa shape index (κ3) is 2.03. The van der Waals surface area contributed by atoms with Crippen molar-refractivity contribution >= 4 is 17.1 Å². The highest BCUT2D eigenvalue weighted by Crippen LogP contribution is 2.32. The number of ketones is 1. The van der Waals surface area contributed by atoms with Gasteiger partial charge in [0.2, 0.25) is 5.78 Å². The fourth-order valence-electron chi connectivity index (χ4n) is 3.46. The normalized spacial score (nSPS) is 16.8. The Kier molecular flexibility index (Phi) is 2.99. The average Bonchev–Trinajstić information content (AvgIpc) is 3.07. The van der Waals surface area contributed by atoms with Gasteiger partial charge in [0.25, 0.3) is 0 Å². The molecule has 0 saturated carbocycles. The highest BCUT2D eigenvalue weighted by molar-refractivity contribution is 7.14. The van der Waals surface area contributed by atoms with Crippen molar-refractivity contribution in [3.63, 3.8) is 0 Å². The van der Waals surface area contributed by atoms with E-state index < -0.39 is 0 Å². The number of benzene rings is 1. The number of carbonyl (C=O) groups is 1. The maximum Gasteiger partial charge on any atom is 0.202 e. The van der Waals surface area contributed by atoms with Gasteiger partial charge in [-0.05, 0) is 73.8 Å². The molecule has 0 bridgehead atoms. The Morgan fingerprint density at radius 2 is 1.65 bits per heavy atom. The summed E-state index contributed by atoms with van der Waals surface area (Å²) in [4.78, 5) is 15.0. The van der Waals surface area contributed by atoms with Gasteiger partial charge >= 0.3 is 0 Å². The number of carbonyl (C=O) groups excluding carboxylic acids is 1. The molecule has 0 saturated heterocycles. The van der Waals surface area contributed by atoms with Crippen LogP contribution in [0.25, 0.3) is 0 Å². The molecular formula is C18H18OS. The molecular weight excluding hydrogens is 264 g/mol. The summed E-state index contributed by atoms with van der Waals surface area (Å²) in [7, 11) is 0. The van der Waals surface area contributed by atoms with Gasteiger partial charge in [-0.1, -0.05) is 12.1 Å². The van der Waals surface area contributed by atoms with Crippen molar-refractivity contribution < 1.29 is 4.79 Å². The summed E-state index contributed by atoms with van der Waals surface area (Å²) in [5.41, 5.74) is 5.13. The molecule has 0 spiro atoms. The zero-order chi connectivity index (χ0) is 13.5. The lowest BCUT2D eigenvalue weighted by molar-refractivity contribution is 0.104. The lowest BCUT2D eigenvalue weighted by Crippen LogP contribution is -2.06. The van der Waals surface area contributed by atoms with E-state index in [-0.39, 0.29) is 5.78 Å². The quantitative estimate of drug-likeness (QED) is 0.749. The topological polar surface area (TPSA) is 17.1 Å². The number of rotatable bonds is 2. The molecule has 0 aliphatic heterocycles. The largest absolute Gasteiger partial charge is 0.288 e. The zero-order valence-corrected chi connectivity index (χ0v) is 12.4. The summed E-state index contributed by atoms with van der Waals surface area (Å²) in [5, 5.41) is 0. The van der Waals surface area contributed by atoms with Crippen LogP contribution in [0.15, 0.2) is 24.3 Å². The standard InChI is InChI=1S/C18H18OS/c19-18(17-11-14-6-3-7-16(14)20-17)15-9-8-12-4-1-2-5-13(12)10-15/h8-11H,1-7H2.